The predicted octanol–water partition coefficient (Wildman–Crippen LogP) is 3.97. The van der Waals surface area contributed by atoms with Gasteiger partial charge in [0.25, 0.3) is 5.91 Å². The van der Waals surface area contributed by atoms with Crippen LogP contribution in [-0.4, -0.2) is 38.4 Å². The minimum absolute atomic E-state index is 0.0492. The van der Waals surface area contributed by atoms with Crippen LogP contribution in [0.5, 0.6) is 0 Å². The molecule has 0 spiro atoms. The molecule has 0 saturated heterocycles. The monoisotopic (exact) mass is 445 g/mol. The van der Waals surface area contributed by atoms with E-state index in [2.05, 4.69) is 10.3 Å². The summed E-state index contributed by atoms with van der Waals surface area (Å²) in [6, 6.07) is 11.8. The third kappa shape index (κ3) is 6.04. The zero-order chi connectivity index (χ0) is 24.0. The smallest absolute Gasteiger partial charge is 0.326 e. The molecular formula is C26H27N3O4. The van der Waals surface area contributed by atoms with E-state index in [0.717, 1.165) is 5.56 Å². The third-order valence-electron chi connectivity index (χ3n) is 5.23. The van der Waals surface area contributed by atoms with Gasteiger partial charge in [-0.05, 0) is 36.6 Å². The first-order valence-electron chi connectivity index (χ1n) is 10.7. The molecule has 2 aromatic heterocycles. The van der Waals surface area contributed by atoms with E-state index in [9.17, 15) is 19.5 Å². The lowest BCUT2D eigenvalue weighted by atomic mass is 10.0. The van der Waals surface area contributed by atoms with E-state index in [4.69, 9.17) is 0 Å². The molecule has 3 aromatic rings. The van der Waals surface area contributed by atoms with Crippen LogP contribution in [0.3, 0.4) is 0 Å². The van der Waals surface area contributed by atoms with Crippen LogP contribution in [0.1, 0.15) is 51.4 Å². The van der Waals surface area contributed by atoms with Crippen molar-refractivity contribution in [1.82, 2.24) is 14.9 Å². The maximum atomic E-state index is 12.8. The van der Waals surface area contributed by atoms with Crippen molar-refractivity contribution in [3.63, 3.8) is 0 Å². The normalized spacial score (nSPS) is 12.1. The molecule has 2 heterocycles. The Morgan fingerprint density at radius 3 is 2.48 bits per heavy atom. The van der Waals surface area contributed by atoms with Crippen molar-refractivity contribution in [3.8, 4) is 0 Å². The van der Waals surface area contributed by atoms with E-state index >= 15 is 0 Å². The molecule has 2 N–H and O–H groups in total. The van der Waals surface area contributed by atoms with Gasteiger partial charge in [-0.15, -0.1) is 0 Å². The number of carboxylic acids is 1. The Labute approximate surface area is 192 Å². The number of benzene rings is 1. The summed E-state index contributed by atoms with van der Waals surface area (Å²) in [6.07, 6.45) is 8.53. The summed E-state index contributed by atoms with van der Waals surface area (Å²) in [4.78, 5) is 40.7. The summed E-state index contributed by atoms with van der Waals surface area (Å²) in [5, 5.41) is 11.8. The number of carbonyl (C=O) groups is 3. The molecule has 0 aliphatic heterocycles. The van der Waals surface area contributed by atoms with Gasteiger partial charge >= 0.3 is 5.97 Å². The van der Waals surface area contributed by atoms with Crippen molar-refractivity contribution >= 4 is 23.7 Å². The molecule has 1 aromatic carbocycles. The third-order valence-corrected chi connectivity index (χ3v) is 5.23. The highest BCUT2D eigenvalue weighted by Crippen LogP contribution is 2.13. The van der Waals surface area contributed by atoms with Crippen molar-refractivity contribution in [1.29, 1.82) is 0 Å². The van der Waals surface area contributed by atoms with Crippen LogP contribution >= 0.6 is 0 Å². The Bertz CT molecular complexity index is 1180. The number of amides is 1. The Morgan fingerprint density at radius 1 is 1.09 bits per heavy atom. The molecular weight excluding hydrogens is 418 g/mol. The summed E-state index contributed by atoms with van der Waals surface area (Å²) in [7, 11) is 0. The van der Waals surface area contributed by atoms with E-state index in [1.807, 2.05) is 54.1 Å². The Kier molecular flexibility index (Phi) is 7.56. The number of aryl methyl sites for hydroxylation is 1. The van der Waals surface area contributed by atoms with Gasteiger partial charge in [-0.1, -0.05) is 55.8 Å². The SMILES string of the molecule is Cc1ccc(C(=O)c2cccn2C/C=C/c2cncc(C(=O)N[C@H](C(=O)O)C(C)C)c2)cc1. The van der Waals surface area contributed by atoms with Gasteiger partial charge in [0.15, 0.2) is 0 Å². The van der Waals surface area contributed by atoms with Crippen LogP contribution in [0.2, 0.25) is 0 Å². The van der Waals surface area contributed by atoms with Crippen molar-refractivity contribution in [2.45, 2.75) is 33.4 Å². The van der Waals surface area contributed by atoms with E-state index in [-0.39, 0.29) is 17.3 Å². The molecule has 0 saturated carbocycles. The first-order chi connectivity index (χ1) is 15.8. The van der Waals surface area contributed by atoms with Gasteiger partial charge in [0.05, 0.1) is 11.3 Å². The van der Waals surface area contributed by atoms with Crippen LogP contribution in [0.15, 0.2) is 67.1 Å². The van der Waals surface area contributed by atoms with Gasteiger partial charge in [-0.2, -0.15) is 0 Å². The van der Waals surface area contributed by atoms with Gasteiger partial charge in [0.2, 0.25) is 5.78 Å². The topological polar surface area (TPSA) is 101 Å². The molecule has 0 unspecified atom stereocenters. The number of nitrogens with one attached hydrogen (secondary N) is 1. The number of hydrogen-bond donors (Lipinski definition) is 2. The fourth-order valence-electron chi connectivity index (χ4n) is 3.35. The first kappa shape index (κ1) is 23.7. The van der Waals surface area contributed by atoms with Gasteiger partial charge in [-0.3, -0.25) is 14.6 Å². The lowest BCUT2D eigenvalue weighted by Crippen LogP contribution is -2.44. The summed E-state index contributed by atoms with van der Waals surface area (Å²) < 4.78 is 1.85. The van der Waals surface area contributed by atoms with Gasteiger partial charge in [-0.25, -0.2) is 4.79 Å². The predicted molar refractivity (Wildman–Crippen MR) is 126 cm³/mol. The Hall–Kier alpha value is -4.00. The molecule has 0 radical (unpaired) electrons. The van der Waals surface area contributed by atoms with Gasteiger partial charge < -0.3 is 15.0 Å². The number of carbonyl (C=O) groups excluding carboxylic acids is 2. The number of aliphatic carboxylic acids is 1. The molecule has 1 amide bonds. The maximum Gasteiger partial charge on any atom is 0.326 e. The average molecular weight is 446 g/mol. The molecule has 7 heteroatoms. The van der Waals surface area contributed by atoms with E-state index in [1.165, 1.54) is 6.20 Å². The number of aromatic nitrogens is 2. The van der Waals surface area contributed by atoms with Gasteiger partial charge in [0, 0.05) is 30.7 Å². The molecule has 0 bridgehead atoms. The van der Waals surface area contributed by atoms with E-state index < -0.39 is 17.9 Å². The lowest BCUT2D eigenvalue weighted by Gasteiger charge is -2.17. The molecule has 3 rings (SSSR count). The summed E-state index contributed by atoms with van der Waals surface area (Å²) in [6.45, 7) is 5.90. The second kappa shape index (κ2) is 10.5. The largest absolute Gasteiger partial charge is 0.480 e. The Balaban J connectivity index is 1.69. The quantitative estimate of drug-likeness (QED) is 0.485. The molecule has 1 atom stereocenters. The standard InChI is InChI=1S/C26H27N3O4/c1-17(2)23(26(32)33)28-25(31)21-14-19(15-27-16-21)6-4-12-29-13-5-7-22(29)24(30)20-10-8-18(3)9-11-20/h4-11,13-17,23H,12H2,1-3H3,(H,28,31)(H,32,33)/b6-4+/t23-/m0/s1. The molecule has 0 aliphatic rings. The van der Waals surface area contributed by atoms with Crippen LogP contribution in [-0.2, 0) is 11.3 Å². The van der Waals surface area contributed by atoms with E-state index in [0.29, 0.717) is 23.4 Å². The molecule has 7 nitrogen and oxygen atoms in total. The summed E-state index contributed by atoms with van der Waals surface area (Å²) in [5.74, 6) is -1.87. The Morgan fingerprint density at radius 2 is 1.82 bits per heavy atom. The van der Waals surface area contributed by atoms with Crippen LogP contribution < -0.4 is 5.32 Å². The number of hydrogen-bond acceptors (Lipinski definition) is 4. The fourth-order valence-corrected chi connectivity index (χ4v) is 3.35. The summed E-state index contributed by atoms with van der Waals surface area (Å²) in [5.41, 5.74) is 3.28. The summed E-state index contributed by atoms with van der Waals surface area (Å²) >= 11 is 0. The number of carboxylic acid groups (broad SMARTS) is 1. The van der Waals surface area contributed by atoms with Crippen molar-refractivity contribution in [3.05, 3.63) is 95.1 Å². The number of pyridine rings is 1. The zero-order valence-electron chi connectivity index (χ0n) is 18.9. The lowest BCUT2D eigenvalue weighted by molar-refractivity contribution is -0.140. The number of allylic oxidation sites excluding steroid dienone is 1. The zero-order valence-corrected chi connectivity index (χ0v) is 18.9. The maximum absolute atomic E-state index is 12.8. The van der Waals surface area contributed by atoms with Crippen LogP contribution in [0.25, 0.3) is 6.08 Å². The van der Waals surface area contributed by atoms with Crippen molar-refractivity contribution in [2.75, 3.05) is 0 Å². The second-order valence-corrected chi connectivity index (χ2v) is 8.18. The molecule has 0 aliphatic carbocycles. The van der Waals surface area contributed by atoms with Crippen molar-refractivity contribution < 1.29 is 19.5 Å². The number of ketones is 1. The van der Waals surface area contributed by atoms with Crippen molar-refractivity contribution in [2.24, 2.45) is 5.92 Å². The van der Waals surface area contributed by atoms with E-state index in [1.54, 1.807) is 38.3 Å². The molecule has 0 fully saturated rings. The second-order valence-electron chi connectivity index (χ2n) is 8.18. The van der Waals surface area contributed by atoms with Crippen LogP contribution in [0.4, 0.5) is 0 Å². The number of rotatable bonds is 9. The average Bonchev–Trinajstić information content (AvgIpc) is 3.25. The highest BCUT2D eigenvalue weighted by molar-refractivity contribution is 6.08. The molecule has 170 valence electrons. The first-order valence-corrected chi connectivity index (χ1v) is 10.7. The fraction of sp³-hybridized carbons (Fsp3) is 0.231. The number of nitrogens with zero attached hydrogens (tertiary/aromatic N) is 2. The highest BCUT2D eigenvalue weighted by atomic mass is 16.4. The minimum atomic E-state index is -1.08. The molecule has 33 heavy (non-hydrogen) atoms. The van der Waals surface area contributed by atoms with Gasteiger partial charge in [0.1, 0.15) is 6.04 Å². The highest BCUT2D eigenvalue weighted by Gasteiger charge is 2.24. The minimum Gasteiger partial charge on any atom is -0.480 e. The van der Waals surface area contributed by atoms with Crippen LogP contribution in [0, 0.1) is 12.8 Å².